The van der Waals surface area contributed by atoms with E-state index in [2.05, 4.69) is 52.4 Å². The molecular weight excluding hydrogens is 321 g/mol. The van der Waals surface area contributed by atoms with Gasteiger partial charge in [-0.2, -0.15) is 0 Å². The minimum atomic E-state index is -0.250. The number of aryl methyl sites for hydroxylation is 1. The second kappa shape index (κ2) is 8.90. The van der Waals surface area contributed by atoms with Crippen molar-refractivity contribution in [3.05, 3.63) is 35.9 Å². The fourth-order valence-corrected chi connectivity index (χ4v) is 0.657. The van der Waals surface area contributed by atoms with Gasteiger partial charge in [-0.3, -0.25) is 0 Å². The Balaban J connectivity index is 0.000000292. The summed E-state index contributed by atoms with van der Waals surface area (Å²) in [4.78, 5) is 0. The van der Waals surface area contributed by atoms with Gasteiger partial charge in [-0.25, -0.2) is 0 Å². The molecule has 0 bridgehead atoms. The van der Waals surface area contributed by atoms with Gasteiger partial charge in [-0.05, 0) is 18.1 Å². The van der Waals surface area contributed by atoms with Gasteiger partial charge in [0.05, 0.1) is 0 Å². The van der Waals surface area contributed by atoms with Gasteiger partial charge in [0, 0.05) is 0 Å². The van der Waals surface area contributed by atoms with Crippen LogP contribution in [0.25, 0.3) is 0 Å². The minimum absolute atomic E-state index is 0.250. The van der Waals surface area contributed by atoms with Crippen molar-refractivity contribution in [1.82, 2.24) is 0 Å². The first-order valence-electron chi connectivity index (χ1n) is 3.42. The van der Waals surface area contributed by atoms with Crippen molar-refractivity contribution in [2.24, 2.45) is 0 Å². The second-order valence-electron chi connectivity index (χ2n) is 1.86. The van der Waals surface area contributed by atoms with E-state index in [9.17, 15) is 0 Å². The first-order chi connectivity index (χ1) is 5.35. The van der Waals surface area contributed by atoms with E-state index < -0.39 is 0 Å². The molecule has 0 aliphatic heterocycles. The van der Waals surface area contributed by atoms with Crippen molar-refractivity contribution < 1.29 is 13.2 Å². The molecule has 0 unspecified atom stereocenters. The maximum absolute atomic E-state index is 3.25. The summed E-state index contributed by atoms with van der Waals surface area (Å²) in [6, 6.07) is 11.0. The molecule has 0 nitrogen and oxygen atoms in total. The van der Waals surface area contributed by atoms with Crippen LogP contribution in [0.5, 0.6) is 0 Å². The molecule has 11 heavy (non-hydrogen) atoms. The fourth-order valence-electron chi connectivity index (χ4n) is 0.657. The predicted molar refractivity (Wildman–Crippen MR) is 52.5 cm³/mol. The average Bonchev–Trinajstić information content (AvgIpc) is 2.08. The summed E-state index contributed by atoms with van der Waals surface area (Å²) >= 11 is 6.25. The number of benzene rings is 1. The van der Waals surface area contributed by atoms with Crippen LogP contribution in [0, 0.1) is 6.07 Å². The van der Waals surface area contributed by atoms with Crippen LogP contribution < -0.4 is 0 Å². The van der Waals surface area contributed by atoms with Crippen LogP contribution >= 0.6 is 27.2 Å². The first-order valence-corrected chi connectivity index (χ1v) is 17.3. The van der Waals surface area contributed by atoms with Crippen LogP contribution in [0.3, 0.4) is 0 Å². The van der Waals surface area contributed by atoms with E-state index in [1.54, 1.807) is 0 Å². The molecule has 57 valence electrons. The van der Waals surface area contributed by atoms with Crippen LogP contribution in [0.2, 0.25) is 0 Å². The van der Waals surface area contributed by atoms with Crippen molar-refractivity contribution in [2.45, 2.75) is 13.3 Å². The third-order valence-corrected chi connectivity index (χ3v) is 1.20. The Labute approximate surface area is 89.1 Å². The van der Waals surface area contributed by atoms with Crippen molar-refractivity contribution >= 4 is 27.2 Å². The molecule has 0 fully saturated rings. The normalized spacial score (nSPS) is 7.55. The van der Waals surface area contributed by atoms with Crippen molar-refractivity contribution in [1.29, 1.82) is 0 Å². The van der Waals surface area contributed by atoms with E-state index in [4.69, 9.17) is 0 Å². The molecule has 1 aromatic rings. The quantitative estimate of drug-likeness (QED) is 0.688. The fraction of sp³-hybridized carbons (Fsp3) is 0.250. The Bertz CT molecular complexity index is 165. The molecule has 0 aromatic heterocycles. The zero-order valence-corrected chi connectivity index (χ0v) is 12.6. The summed E-state index contributed by atoms with van der Waals surface area (Å²) in [5, 5.41) is 0. The molecule has 3 heteroatoms. The Morgan fingerprint density at radius 2 is 1.82 bits per heavy atom. The summed E-state index contributed by atoms with van der Waals surface area (Å²) in [5.74, 6) is 0. The van der Waals surface area contributed by atoms with Gasteiger partial charge in [-0.1, -0.05) is 31.2 Å². The molecule has 0 saturated heterocycles. The first kappa shape index (κ1) is 11.8. The number of rotatable bonds is 1. The summed E-state index contributed by atoms with van der Waals surface area (Å²) in [5.41, 5.74) is 1.38. The van der Waals surface area contributed by atoms with E-state index in [-0.39, 0.29) is 13.2 Å². The molecule has 1 aromatic carbocycles. The van der Waals surface area contributed by atoms with Crippen LogP contribution in [-0.4, -0.2) is 0 Å². The third kappa shape index (κ3) is 7.17. The number of hydrogen-bond donors (Lipinski definition) is 0. The molecule has 0 spiro atoms. The molecular formula is C8H9Br2Zn. The predicted octanol–water partition coefficient (Wildman–Crippen LogP) is 3.74. The second-order valence-corrected chi connectivity index (χ2v) is 15.9. The summed E-state index contributed by atoms with van der Waals surface area (Å²) in [6.45, 7) is 2.15. The van der Waals surface area contributed by atoms with E-state index in [0.717, 1.165) is 6.42 Å². The average molecular weight is 330 g/mol. The van der Waals surface area contributed by atoms with Crippen LogP contribution in [0.1, 0.15) is 12.5 Å². The molecule has 1 rings (SSSR count). The van der Waals surface area contributed by atoms with Gasteiger partial charge in [0.1, 0.15) is 0 Å². The molecule has 0 atom stereocenters. The van der Waals surface area contributed by atoms with Gasteiger partial charge >= 0.3 is 40.5 Å². The van der Waals surface area contributed by atoms with Crippen LogP contribution in [-0.2, 0) is 19.6 Å². The van der Waals surface area contributed by atoms with Gasteiger partial charge in [0.25, 0.3) is 0 Å². The van der Waals surface area contributed by atoms with E-state index >= 15 is 0 Å². The van der Waals surface area contributed by atoms with E-state index in [1.807, 2.05) is 12.1 Å². The molecule has 1 radical (unpaired) electrons. The van der Waals surface area contributed by atoms with Gasteiger partial charge in [0.15, 0.2) is 0 Å². The van der Waals surface area contributed by atoms with E-state index in [1.165, 1.54) is 5.56 Å². The zero-order chi connectivity index (χ0) is 8.53. The summed E-state index contributed by atoms with van der Waals surface area (Å²) in [7, 11) is 0. The van der Waals surface area contributed by atoms with Crippen LogP contribution in [0.4, 0.5) is 0 Å². The zero-order valence-electron chi connectivity index (χ0n) is 6.48. The molecule has 0 heterocycles. The SMILES string of the molecule is CCc1cc[c]cc1.[Br][Zn][Br]. The van der Waals surface area contributed by atoms with Crippen molar-refractivity contribution in [3.8, 4) is 0 Å². The molecule has 0 saturated carbocycles. The van der Waals surface area contributed by atoms with E-state index in [0.29, 0.717) is 0 Å². The Morgan fingerprint density at radius 1 is 1.36 bits per heavy atom. The molecule has 0 aliphatic rings. The Hall–Kier alpha value is 0.803. The Kier molecular flexibility index (Phi) is 9.55. The Morgan fingerprint density at radius 3 is 2.09 bits per heavy atom. The number of halogens is 2. The van der Waals surface area contributed by atoms with Crippen molar-refractivity contribution in [3.63, 3.8) is 0 Å². The standard InChI is InChI=1S/C8H9.2BrH.Zn/c1-2-8-6-4-3-5-7-8;;;/h4-7H,2H2,1H3;2*1H;/q;;;+2/p-2. The van der Waals surface area contributed by atoms with Gasteiger partial charge in [-0.15, -0.1) is 0 Å². The summed E-state index contributed by atoms with van der Waals surface area (Å²) in [6.07, 6.45) is 1.12. The third-order valence-electron chi connectivity index (χ3n) is 1.20. The molecule has 0 amide bonds. The maximum atomic E-state index is 3.25. The van der Waals surface area contributed by atoms with Crippen molar-refractivity contribution in [2.75, 3.05) is 0 Å². The van der Waals surface area contributed by atoms with Gasteiger partial charge in [0.2, 0.25) is 0 Å². The topological polar surface area (TPSA) is 0 Å². The monoisotopic (exact) mass is 327 g/mol. The summed E-state index contributed by atoms with van der Waals surface area (Å²) < 4.78 is 0. The molecule has 0 N–H and O–H groups in total. The molecule has 0 aliphatic carbocycles. The van der Waals surface area contributed by atoms with Gasteiger partial charge < -0.3 is 0 Å². The van der Waals surface area contributed by atoms with Crippen LogP contribution in [0.15, 0.2) is 24.3 Å². The number of hydrogen-bond acceptors (Lipinski definition) is 0.